The van der Waals surface area contributed by atoms with Crippen LogP contribution in [0.3, 0.4) is 0 Å². The van der Waals surface area contributed by atoms with Gasteiger partial charge in [0.1, 0.15) is 0 Å². The van der Waals surface area contributed by atoms with Crippen molar-refractivity contribution in [3.8, 4) is 0 Å². The summed E-state index contributed by atoms with van der Waals surface area (Å²) in [7, 11) is 1.35. The van der Waals surface area contributed by atoms with Gasteiger partial charge in [-0.2, -0.15) is 0 Å². The number of methoxy groups -OCH3 is 1. The van der Waals surface area contributed by atoms with Crippen molar-refractivity contribution in [2.45, 2.75) is 57.4 Å². The molecule has 1 unspecified atom stereocenters. The summed E-state index contributed by atoms with van der Waals surface area (Å²) >= 11 is 0. The molecule has 1 aliphatic heterocycles. The van der Waals surface area contributed by atoms with Crippen LogP contribution in [0.5, 0.6) is 0 Å². The zero-order chi connectivity index (χ0) is 18.1. The predicted octanol–water partition coefficient (Wildman–Crippen LogP) is 0.827. The minimum Gasteiger partial charge on any atom is -0.469 e. The molecule has 7 heteroatoms. The van der Waals surface area contributed by atoms with Crippen molar-refractivity contribution < 1.29 is 19.1 Å². The Bertz CT molecular complexity index is 463. The minimum atomic E-state index is -0.378. The molecule has 1 aliphatic carbocycles. The summed E-state index contributed by atoms with van der Waals surface area (Å²) < 4.78 is 4.57. The van der Waals surface area contributed by atoms with Crippen LogP contribution in [0.1, 0.15) is 51.4 Å². The van der Waals surface area contributed by atoms with E-state index >= 15 is 0 Å². The molecule has 1 atom stereocenters. The minimum absolute atomic E-state index is 0.0493. The van der Waals surface area contributed by atoms with Gasteiger partial charge in [0, 0.05) is 32.6 Å². The first-order valence-electron chi connectivity index (χ1n) is 9.45. The zero-order valence-electron chi connectivity index (χ0n) is 15.2. The highest BCUT2D eigenvalue weighted by atomic mass is 16.5. The Morgan fingerprint density at radius 1 is 1.28 bits per heavy atom. The number of piperazine rings is 1. The number of hydrogen-bond donors (Lipinski definition) is 2. The summed E-state index contributed by atoms with van der Waals surface area (Å²) in [6.45, 7) is 2.80. The molecule has 0 aromatic carbocycles. The van der Waals surface area contributed by atoms with Crippen molar-refractivity contribution in [2.24, 2.45) is 5.92 Å². The third-order valence-electron chi connectivity index (χ3n) is 5.15. The highest BCUT2D eigenvalue weighted by Crippen LogP contribution is 2.25. The second-order valence-electron chi connectivity index (χ2n) is 7.04. The van der Waals surface area contributed by atoms with E-state index in [4.69, 9.17) is 0 Å². The Morgan fingerprint density at radius 3 is 2.76 bits per heavy atom. The molecule has 0 radical (unpaired) electrons. The molecule has 7 nitrogen and oxygen atoms in total. The van der Waals surface area contributed by atoms with Crippen molar-refractivity contribution in [3.63, 3.8) is 0 Å². The number of carbonyl (C=O) groups is 3. The number of carbonyl (C=O) groups excluding carboxylic acids is 3. The van der Waals surface area contributed by atoms with Crippen molar-refractivity contribution in [2.75, 3.05) is 33.3 Å². The first kappa shape index (κ1) is 19.7. The summed E-state index contributed by atoms with van der Waals surface area (Å²) in [5.74, 6) is 0.178. The fourth-order valence-electron chi connectivity index (χ4n) is 3.71. The number of nitrogens with one attached hydrogen (secondary N) is 2. The Morgan fingerprint density at radius 2 is 2.04 bits per heavy atom. The van der Waals surface area contributed by atoms with Gasteiger partial charge in [-0.05, 0) is 25.2 Å². The Labute approximate surface area is 149 Å². The molecule has 2 N–H and O–H groups in total. The maximum atomic E-state index is 12.2. The fraction of sp³-hybridized carbons (Fsp3) is 0.833. The first-order chi connectivity index (χ1) is 12.1. The maximum absolute atomic E-state index is 12.2. The van der Waals surface area contributed by atoms with Gasteiger partial charge in [-0.1, -0.05) is 19.3 Å². The monoisotopic (exact) mass is 353 g/mol. The van der Waals surface area contributed by atoms with Crippen LogP contribution in [0.4, 0.5) is 0 Å². The quantitative estimate of drug-likeness (QED) is 0.498. The van der Waals surface area contributed by atoms with Crippen molar-refractivity contribution in [3.05, 3.63) is 0 Å². The second kappa shape index (κ2) is 10.4. The Hall–Kier alpha value is -1.63. The molecule has 1 heterocycles. The number of esters is 1. The van der Waals surface area contributed by atoms with Crippen LogP contribution < -0.4 is 10.6 Å². The summed E-state index contributed by atoms with van der Waals surface area (Å²) in [6.07, 6.45) is 7.32. The van der Waals surface area contributed by atoms with Gasteiger partial charge in [0.2, 0.25) is 11.8 Å². The highest BCUT2D eigenvalue weighted by Gasteiger charge is 2.33. The van der Waals surface area contributed by atoms with Crippen molar-refractivity contribution >= 4 is 17.8 Å². The van der Waals surface area contributed by atoms with Gasteiger partial charge in [-0.25, -0.2) is 0 Å². The van der Waals surface area contributed by atoms with Crippen LogP contribution >= 0.6 is 0 Å². The molecule has 2 rings (SSSR count). The third kappa shape index (κ3) is 6.65. The summed E-state index contributed by atoms with van der Waals surface area (Å²) in [5.41, 5.74) is 0. The van der Waals surface area contributed by atoms with Gasteiger partial charge >= 0.3 is 5.97 Å². The number of amides is 2. The largest absolute Gasteiger partial charge is 0.469 e. The number of rotatable bonds is 8. The van der Waals surface area contributed by atoms with Gasteiger partial charge in [0.05, 0.1) is 19.6 Å². The molecule has 0 spiro atoms. The van der Waals surface area contributed by atoms with Crippen LogP contribution in [0.15, 0.2) is 0 Å². The van der Waals surface area contributed by atoms with E-state index in [2.05, 4.69) is 20.3 Å². The number of hydrogen-bond acceptors (Lipinski definition) is 5. The lowest BCUT2D eigenvalue weighted by Crippen LogP contribution is -2.57. The van der Waals surface area contributed by atoms with E-state index in [1.165, 1.54) is 39.2 Å². The number of nitrogens with zero attached hydrogens (tertiary/aromatic N) is 1. The lowest BCUT2D eigenvalue weighted by Gasteiger charge is -2.37. The summed E-state index contributed by atoms with van der Waals surface area (Å²) in [5, 5.41) is 5.67. The topological polar surface area (TPSA) is 87.7 Å². The number of ether oxygens (including phenoxy) is 1. The molecule has 25 heavy (non-hydrogen) atoms. The fourth-order valence-corrected chi connectivity index (χ4v) is 3.71. The summed E-state index contributed by atoms with van der Waals surface area (Å²) in [6, 6.07) is -0.378. The van der Waals surface area contributed by atoms with E-state index in [0.29, 0.717) is 25.4 Å². The third-order valence-corrected chi connectivity index (χ3v) is 5.15. The van der Waals surface area contributed by atoms with E-state index < -0.39 is 0 Å². The van der Waals surface area contributed by atoms with Gasteiger partial charge < -0.3 is 15.4 Å². The molecule has 1 saturated heterocycles. The highest BCUT2D eigenvalue weighted by molar-refractivity contribution is 5.88. The molecule has 142 valence electrons. The summed E-state index contributed by atoms with van der Waals surface area (Å²) in [4.78, 5) is 37.7. The van der Waals surface area contributed by atoms with Crippen LogP contribution in [-0.4, -0.2) is 62.0 Å². The molecule has 2 fully saturated rings. The average molecular weight is 353 g/mol. The maximum Gasteiger partial charge on any atom is 0.305 e. The lowest BCUT2D eigenvalue weighted by molar-refractivity contribution is -0.140. The Balaban J connectivity index is 1.77. The van der Waals surface area contributed by atoms with Crippen LogP contribution in [0, 0.1) is 5.92 Å². The SMILES string of the molecule is COC(=O)CCCNC(=O)CC1C(=O)NCCN1CC1CCCCC1. The van der Waals surface area contributed by atoms with Crippen LogP contribution in [-0.2, 0) is 19.1 Å². The molecule has 2 amide bonds. The Kier molecular flexibility index (Phi) is 8.18. The van der Waals surface area contributed by atoms with Gasteiger partial charge in [0.15, 0.2) is 0 Å². The molecular weight excluding hydrogens is 322 g/mol. The van der Waals surface area contributed by atoms with E-state index in [1.807, 2.05) is 0 Å². The van der Waals surface area contributed by atoms with Crippen LogP contribution in [0.2, 0.25) is 0 Å². The van der Waals surface area contributed by atoms with E-state index in [-0.39, 0.29) is 36.7 Å². The first-order valence-corrected chi connectivity index (χ1v) is 9.45. The van der Waals surface area contributed by atoms with Gasteiger partial charge in [0.25, 0.3) is 0 Å². The molecule has 0 bridgehead atoms. The van der Waals surface area contributed by atoms with Gasteiger partial charge in [-0.15, -0.1) is 0 Å². The molecule has 2 aliphatic rings. The standard InChI is InChI=1S/C18H31N3O4/c1-25-17(23)8-5-9-19-16(22)12-15-18(24)20-10-11-21(15)13-14-6-3-2-4-7-14/h14-15H,2-13H2,1H3,(H,19,22)(H,20,24). The predicted molar refractivity (Wildman–Crippen MR) is 93.8 cm³/mol. The normalized spacial score (nSPS) is 22.3. The van der Waals surface area contributed by atoms with E-state index in [9.17, 15) is 14.4 Å². The molecule has 1 saturated carbocycles. The average Bonchev–Trinajstić information content (AvgIpc) is 2.62. The lowest BCUT2D eigenvalue weighted by atomic mass is 9.88. The second-order valence-corrected chi connectivity index (χ2v) is 7.04. The van der Waals surface area contributed by atoms with Crippen LogP contribution in [0.25, 0.3) is 0 Å². The molecule has 0 aromatic heterocycles. The zero-order valence-corrected chi connectivity index (χ0v) is 15.2. The van der Waals surface area contributed by atoms with E-state index in [1.54, 1.807) is 0 Å². The smallest absolute Gasteiger partial charge is 0.305 e. The molecular formula is C18H31N3O4. The van der Waals surface area contributed by atoms with E-state index in [0.717, 1.165) is 13.1 Å². The van der Waals surface area contributed by atoms with Crippen molar-refractivity contribution in [1.29, 1.82) is 0 Å². The molecule has 0 aromatic rings. The van der Waals surface area contributed by atoms with Gasteiger partial charge in [-0.3, -0.25) is 19.3 Å². The van der Waals surface area contributed by atoms with Crippen molar-refractivity contribution in [1.82, 2.24) is 15.5 Å².